The molecule has 3 rings (SSSR count). The van der Waals surface area contributed by atoms with Crippen molar-refractivity contribution in [2.75, 3.05) is 32.7 Å². The topological polar surface area (TPSA) is 82.4 Å². The molecule has 0 spiro atoms. The summed E-state index contributed by atoms with van der Waals surface area (Å²) in [6.45, 7) is 8.61. The Kier molecular flexibility index (Phi) is 7.94. The molecule has 2 fully saturated rings. The Bertz CT molecular complexity index is 687. The number of hydrogen-bond donors (Lipinski definition) is 4. The van der Waals surface area contributed by atoms with E-state index in [9.17, 15) is 4.79 Å². The Balaban J connectivity index is 1.46. The van der Waals surface area contributed by atoms with Crippen LogP contribution in [0.1, 0.15) is 52.2 Å². The number of hydrogen-bond acceptors (Lipinski definition) is 6. The molecule has 154 valence electrons. The molecule has 0 atom stereocenters. The first-order chi connectivity index (χ1) is 13.7. The third-order valence-electron chi connectivity index (χ3n) is 5.33. The summed E-state index contributed by atoms with van der Waals surface area (Å²) in [4.78, 5) is 16.5. The molecular weight excluding hydrogens is 370 g/mol. The van der Waals surface area contributed by atoms with Crippen LogP contribution in [0.5, 0.6) is 0 Å². The average Bonchev–Trinajstić information content (AvgIpc) is 3.37. The first-order valence-corrected chi connectivity index (χ1v) is 11.2. The Morgan fingerprint density at radius 3 is 2.82 bits per heavy atom. The van der Waals surface area contributed by atoms with Gasteiger partial charge in [0.1, 0.15) is 0 Å². The van der Waals surface area contributed by atoms with E-state index in [4.69, 9.17) is 5.73 Å². The molecule has 1 aromatic heterocycles. The van der Waals surface area contributed by atoms with Crippen LogP contribution >= 0.6 is 11.3 Å². The van der Waals surface area contributed by atoms with E-state index >= 15 is 0 Å². The third-order valence-corrected chi connectivity index (χ3v) is 6.46. The van der Waals surface area contributed by atoms with Crippen molar-refractivity contribution in [3.8, 4) is 0 Å². The van der Waals surface area contributed by atoms with E-state index in [1.54, 1.807) is 11.3 Å². The van der Waals surface area contributed by atoms with Crippen LogP contribution in [0.4, 0.5) is 0 Å². The van der Waals surface area contributed by atoms with Gasteiger partial charge >= 0.3 is 0 Å². The summed E-state index contributed by atoms with van der Waals surface area (Å²) in [6, 6.07) is 2.54. The Morgan fingerprint density at radius 2 is 2.11 bits per heavy atom. The molecule has 0 aromatic carbocycles. The quantitative estimate of drug-likeness (QED) is 0.476. The highest BCUT2D eigenvalue weighted by Gasteiger charge is 2.20. The van der Waals surface area contributed by atoms with Crippen LogP contribution < -0.4 is 21.7 Å². The Morgan fingerprint density at radius 1 is 1.36 bits per heavy atom. The minimum absolute atomic E-state index is 0.122. The molecule has 5 N–H and O–H groups in total. The molecule has 0 radical (unpaired) electrons. The van der Waals surface area contributed by atoms with Crippen LogP contribution in [-0.2, 0) is 6.54 Å². The number of nitrogens with one attached hydrogen (secondary N) is 3. The van der Waals surface area contributed by atoms with E-state index in [1.165, 1.54) is 25.7 Å². The zero-order chi connectivity index (χ0) is 19.8. The second-order valence-corrected chi connectivity index (χ2v) is 8.55. The van der Waals surface area contributed by atoms with Crippen molar-refractivity contribution < 1.29 is 4.79 Å². The van der Waals surface area contributed by atoms with E-state index in [2.05, 4.69) is 34.7 Å². The molecule has 0 unspecified atom stereocenters. The normalized spacial score (nSPS) is 18.0. The van der Waals surface area contributed by atoms with Gasteiger partial charge in [0.05, 0.1) is 10.7 Å². The van der Waals surface area contributed by atoms with Gasteiger partial charge in [0.15, 0.2) is 0 Å². The monoisotopic (exact) mass is 403 g/mol. The lowest BCUT2D eigenvalue weighted by atomic mass is 10.2. The van der Waals surface area contributed by atoms with Crippen molar-refractivity contribution in [3.05, 3.63) is 39.9 Å². The number of rotatable bonds is 9. The Hall–Kier alpha value is -1.83. The van der Waals surface area contributed by atoms with E-state index < -0.39 is 0 Å². The molecule has 6 nitrogen and oxygen atoms in total. The lowest BCUT2D eigenvalue weighted by molar-refractivity contribution is 0.0740. The summed E-state index contributed by atoms with van der Waals surface area (Å²) in [5, 5.41) is 10.1. The summed E-state index contributed by atoms with van der Waals surface area (Å²) in [5.74, 6) is 1.04. The van der Waals surface area contributed by atoms with Crippen molar-refractivity contribution in [2.45, 2.75) is 44.7 Å². The van der Waals surface area contributed by atoms with E-state index in [1.807, 2.05) is 11.0 Å². The van der Waals surface area contributed by atoms with Crippen LogP contribution in [0.2, 0.25) is 0 Å². The standard InChI is InChI=1S/C21H33N5OS/c1-16(25-18-6-2-3-7-18)24-9-5-4-8-19-17(15-22)14-20(28-19)21(27)26-12-10-23-11-13-26/h4,8,14,18,23-25H,1-3,5-7,9-13,15,22H2/b8-4-. The van der Waals surface area contributed by atoms with Gasteiger partial charge in [0.25, 0.3) is 5.91 Å². The average molecular weight is 404 g/mol. The van der Waals surface area contributed by atoms with E-state index in [-0.39, 0.29) is 5.91 Å². The predicted molar refractivity (Wildman–Crippen MR) is 117 cm³/mol. The highest BCUT2D eigenvalue weighted by atomic mass is 32.1. The largest absolute Gasteiger partial charge is 0.372 e. The highest BCUT2D eigenvalue weighted by Crippen LogP contribution is 2.25. The minimum Gasteiger partial charge on any atom is -0.372 e. The molecule has 1 saturated heterocycles. The molecule has 28 heavy (non-hydrogen) atoms. The van der Waals surface area contributed by atoms with Crippen LogP contribution in [0.15, 0.2) is 24.5 Å². The van der Waals surface area contributed by atoms with E-state index in [0.717, 1.165) is 60.3 Å². The second kappa shape index (κ2) is 10.6. The van der Waals surface area contributed by atoms with Gasteiger partial charge in [-0.3, -0.25) is 4.79 Å². The zero-order valence-corrected chi connectivity index (χ0v) is 17.5. The number of nitrogens with zero attached hydrogens (tertiary/aromatic N) is 1. The number of piperazine rings is 1. The predicted octanol–water partition coefficient (Wildman–Crippen LogP) is 2.25. The fraction of sp³-hybridized carbons (Fsp3) is 0.571. The van der Waals surface area contributed by atoms with Crippen molar-refractivity contribution in [2.24, 2.45) is 5.73 Å². The maximum absolute atomic E-state index is 12.7. The van der Waals surface area contributed by atoms with Crippen molar-refractivity contribution in [3.63, 3.8) is 0 Å². The van der Waals surface area contributed by atoms with Crippen LogP contribution in [0, 0.1) is 0 Å². The molecule has 2 aliphatic rings. The van der Waals surface area contributed by atoms with Gasteiger partial charge in [0.2, 0.25) is 0 Å². The lowest BCUT2D eigenvalue weighted by Crippen LogP contribution is -2.46. The maximum Gasteiger partial charge on any atom is 0.264 e. The first-order valence-electron chi connectivity index (χ1n) is 10.4. The van der Waals surface area contributed by atoms with Gasteiger partial charge in [-0.1, -0.05) is 25.5 Å². The number of thiophene rings is 1. The summed E-state index contributed by atoms with van der Waals surface area (Å²) in [7, 11) is 0. The molecule has 1 aliphatic heterocycles. The molecule has 0 bridgehead atoms. The molecular formula is C21H33N5OS. The van der Waals surface area contributed by atoms with Crippen LogP contribution in [0.25, 0.3) is 6.08 Å². The van der Waals surface area contributed by atoms with Gasteiger partial charge in [-0.15, -0.1) is 11.3 Å². The van der Waals surface area contributed by atoms with Gasteiger partial charge < -0.3 is 26.6 Å². The molecule has 1 saturated carbocycles. The van der Waals surface area contributed by atoms with E-state index in [0.29, 0.717) is 12.6 Å². The summed E-state index contributed by atoms with van der Waals surface area (Å²) in [5.41, 5.74) is 6.94. The maximum atomic E-state index is 12.7. The van der Waals surface area contributed by atoms with Crippen LogP contribution in [-0.4, -0.2) is 49.6 Å². The van der Waals surface area contributed by atoms with Gasteiger partial charge in [0, 0.05) is 50.2 Å². The van der Waals surface area contributed by atoms with Gasteiger partial charge in [-0.05, 0) is 37.0 Å². The zero-order valence-electron chi connectivity index (χ0n) is 16.6. The van der Waals surface area contributed by atoms with Crippen molar-refractivity contribution in [1.29, 1.82) is 0 Å². The molecule has 2 heterocycles. The first kappa shape index (κ1) is 20.9. The minimum atomic E-state index is 0.122. The lowest BCUT2D eigenvalue weighted by Gasteiger charge is -2.26. The summed E-state index contributed by atoms with van der Waals surface area (Å²) < 4.78 is 0. The summed E-state index contributed by atoms with van der Waals surface area (Å²) >= 11 is 1.54. The number of carbonyl (C=O) groups excluding carboxylic acids is 1. The van der Waals surface area contributed by atoms with Crippen molar-refractivity contribution >= 4 is 23.3 Å². The van der Waals surface area contributed by atoms with Gasteiger partial charge in [-0.2, -0.15) is 0 Å². The highest BCUT2D eigenvalue weighted by molar-refractivity contribution is 7.15. The molecule has 7 heteroatoms. The molecule has 1 amide bonds. The fourth-order valence-corrected chi connectivity index (χ4v) is 4.83. The smallest absolute Gasteiger partial charge is 0.264 e. The molecule has 1 aliphatic carbocycles. The molecule has 1 aromatic rings. The number of nitrogens with two attached hydrogens (primary N) is 1. The Labute approximate surface area is 172 Å². The number of carbonyl (C=O) groups is 1. The third kappa shape index (κ3) is 5.83. The SMILES string of the molecule is C=C(NCC/C=C\c1sc(C(=O)N2CCNCC2)cc1CN)NC1CCCC1. The summed E-state index contributed by atoms with van der Waals surface area (Å²) in [6.07, 6.45) is 10.3. The second-order valence-electron chi connectivity index (χ2n) is 7.47. The number of amides is 1. The van der Waals surface area contributed by atoms with Gasteiger partial charge in [-0.25, -0.2) is 0 Å². The van der Waals surface area contributed by atoms with Crippen LogP contribution in [0.3, 0.4) is 0 Å². The van der Waals surface area contributed by atoms with Crippen molar-refractivity contribution in [1.82, 2.24) is 20.9 Å². The fourth-order valence-electron chi connectivity index (χ4n) is 3.74.